The summed E-state index contributed by atoms with van der Waals surface area (Å²) in [7, 11) is 0. The first kappa shape index (κ1) is 28.6. The molecule has 1 aromatic rings. The summed E-state index contributed by atoms with van der Waals surface area (Å²) in [6.45, 7) is 0.984. The highest BCUT2D eigenvalue weighted by atomic mass is 35.5. The van der Waals surface area contributed by atoms with Gasteiger partial charge in [0.15, 0.2) is 0 Å². The first-order valence-corrected chi connectivity index (χ1v) is 14.2. The van der Waals surface area contributed by atoms with Gasteiger partial charge in [-0.1, -0.05) is 55.8 Å². The number of rotatable bonds is 10. The Morgan fingerprint density at radius 2 is 1.92 bits per heavy atom. The fourth-order valence-corrected chi connectivity index (χ4v) is 6.24. The molecule has 0 bridgehead atoms. The van der Waals surface area contributed by atoms with Crippen molar-refractivity contribution < 1.29 is 29.0 Å². The molecule has 3 amide bonds. The minimum absolute atomic E-state index is 0.0347. The topological polar surface area (TPSA) is 126 Å². The van der Waals surface area contributed by atoms with Gasteiger partial charge in [0.1, 0.15) is 12.6 Å². The predicted octanol–water partition coefficient (Wildman–Crippen LogP) is 3.46. The Hall–Kier alpha value is -2.36. The summed E-state index contributed by atoms with van der Waals surface area (Å²) in [5.41, 5.74) is 0.500. The van der Waals surface area contributed by atoms with Gasteiger partial charge in [0.05, 0.1) is 12.6 Å². The van der Waals surface area contributed by atoms with Crippen LogP contribution in [0.1, 0.15) is 69.8 Å². The lowest BCUT2D eigenvalue weighted by Crippen LogP contribution is -2.51. The van der Waals surface area contributed by atoms with Crippen molar-refractivity contribution in [3.8, 4) is 0 Å². The summed E-state index contributed by atoms with van der Waals surface area (Å²) in [4.78, 5) is 38.7. The number of hydrogen-bond donors (Lipinski definition) is 4. The quantitative estimate of drug-likeness (QED) is 0.354. The zero-order valence-corrected chi connectivity index (χ0v) is 22.6. The molecule has 9 nitrogen and oxygen atoms in total. The number of benzene rings is 1. The van der Waals surface area contributed by atoms with Crippen LogP contribution in [0.4, 0.5) is 4.79 Å². The van der Waals surface area contributed by atoms with Gasteiger partial charge < -0.3 is 30.5 Å². The molecule has 210 valence electrons. The van der Waals surface area contributed by atoms with Crippen LogP contribution in [0.15, 0.2) is 24.3 Å². The third-order valence-electron chi connectivity index (χ3n) is 8.14. The van der Waals surface area contributed by atoms with Crippen molar-refractivity contribution in [1.82, 2.24) is 16.0 Å². The third-order valence-corrected chi connectivity index (χ3v) is 8.38. The van der Waals surface area contributed by atoms with Crippen LogP contribution in [-0.4, -0.2) is 60.5 Å². The van der Waals surface area contributed by atoms with Gasteiger partial charge in [-0.2, -0.15) is 0 Å². The maximum atomic E-state index is 13.4. The molecule has 38 heavy (non-hydrogen) atoms. The molecule has 4 rings (SSSR count). The molecule has 0 aromatic heterocycles. The second-order valence-electron chi connectivity index (χ2n) is 11.0. The van der Waals surface area contributed by atoms with E-state index in [1.54, 1.807) is 24.3 Å². The standard InChI is InChI=1S/C28H40ClN3O6/c29-22-8-4-7-20(13-22)18-38-27(36)31-24(14-19-5-2-1-3-6-19)26(35)30-23(17-33)15-21-16-28(32-25(21)34)9-11-37-12-10-28/h4,7-8,13,19,21,23-24,33H,1-3,5-6,9-12,14-18H2,(H,30,35)(H,31,36)(H,32,34)/t21?,23?,24-/m0/s1. The lowest BCUT2D eigenvalue weighted by atomic mass is 9.83. The highest BCUT2D eigenvalue weighted by molar-refractivity contribution is 6.30. The number of aliphatic hydroxyl groups excluding tert-OH is 1. The van der Waals surface area contributed by atoms with Gasteiger partial charge >= 0.3 is 6.09 Å². The van der Waals surface area contributed by atoms with E-state index >= 15 is 0 Å². The molecule has 10 heteroatoms. The van der Waals surface area contributed by atoms with Crippen molar-refractivity contribution in [1.29, 1.82) is 0 Å². The van der Waals surface area contributed by atoms with Crippen molar-refractivity contribution in [2.75, 3.05) is 19.8 Å². The first-order valence-electron chi connectivity index (χ1n) is 13.8. The molecule has 2 unspecified atom stereocenters. The molecule has 2 heterocycles. The minimum atomic E-state index is -0.793. The Morgan fingerprint density at radius 1 is 1.16 bits per heavy atom. The van der Waals surface area contributed by atoms with Gasteiger partial charge in [-0.05, 0) is 55.7 Å². The number of halogens is 1. The van der Waals surface area contributed by atoms with E-state index in [4.69, 9.17) is 21.1 Å². The van der Waals surface area contributed by atoms with Gasteiger partial charge in [-0.3, -0.25) is 9.59 Å². The molecule has 1 spiro atoms. The van der Waals surface area contributed by atoms with Crippen LogP contribution in [-0.2, 0) is 25.7 Å². The zero-order valence-electron chi connectivity index (χ0n) is 21.9. The second kappa shape index (κ2) is 13.6. The zero-order chi connectivity index (χ0) is 27.0. The van der Waals surface area contributed by atoms with Crippen molar-refractivity contribution in [2.45, 2.75) is 88.4 Å². The molecule has 2 saturated heterocycles. The van der Waals surface area contributed by atoms with E-state index in [1.807, 2.05) is 0 Å². The maximum absolute atomic E-state index is 13.4. The molecular weight excluding hydrogens is 510 g/mol. The van der Waals surface area contributed by atoms with Crippen LogP contribution in [0.5, 0.6) is 0 Å². The van der Waals surface area contributed by atoms with E-state index in [0.717, 1.165) is 44.1 Å². The largest absolute Gasteiger partial charge is 0.445 e. The Labute approximate surface area is 229 Å². The van der Waals surface area contributed by atoms with Crippen molar-refractivity contribution in [3.05, 3.63) is 34.9 Å². The van der Waals surface area contributed by atoms with Gasteiger partial charge in [0.25, 0.3) is 0 Å². The first-order chi connectivity index (χ1) is 18.4. The van der Waals surface area contributed by atoms with Gasteiger partial charge in [0.2, 0.25) is 11.8 Å². The average molecular weight is 550 g/mol. The van der Waals surface area contributed by atoms with Crippen LogP contribution in [0.2, 0.25) is 5.02 Å². The van der Waals surface area contributed by atoms with Crippen LogP contribution in [0.25, 0.3) is 0 Å². The van der Waals surface area contributed by atoms with Crippen molar-refractivity contribution in [2.24, 2.45) is 11.8 Å². The molecule has 3 fully saturated rings. The van der Waals surface area contributed by atoms with E-state index in [0.29, 0.717) is 43.4 Å². The minimum Gasteiger partial charge on any atom is -0.445 e. The van der Waals surface area contributed by atoms with Crippen molar-refractivity contribution >= 4 is 29.5 Å². The van der Waals surface area contributed by atoms with E-state index in [-0.39, 0.29) is 36.5 Å². The summed E-state index contributed by atoms with van der Waals surface area (Å²) < 4.78 is 10.8. The second-order valence-corrected chi connectivity index (χ2v) is 11.5. The molecule has 2 aliphatic heterocycles. The Morgan fingerprint density at radius 3 is 2.63 bits per heavy atom. The average Bonchev–Trinajstić information content (AvgIpc) is 3.21. The lowest BCUT2D eigenvalue weighted by Gasteiger charge is -2.33. The number of aliphatic hydroxyl groups is 1. The summed E-state index contributed by atoms with van der Waals surface area (Å²) in [6.07, 6.45) is 7.82. The SMILES string of the molecule is O=C(N[C@@H](CC1CCCCC1)C(=O)NC(CO)CC1CC2(CCOCC2)NC1=O)OCc1cccc(Cl)c1. The van der Waals surface area contributed by atoms with Crippen molar-refractivity contribution in [3.63, 3.8) is 0 Å². The third kappa shape index (κ3) is 8.07. The summed E-state index contributed by atoms with van der Waals surface area (Å²) in [5.74, 6) is -0.373. The molecule has 1 aliphatic carbocycles. The number of ether oxygens (including phenoxy) is 2. The highest BCUT2D eigenvalue weighted by Crippen LogP contribution is 2.35. The molecule has 4 N–H and O–H groups in total. The number of amides is 3. The number of nitrogens with one attached hydrogen (secondary N) is 3. The monoisotopic (exact) mass is 549 g/mol. The smallest absolute Gasteiger partial charge is 0.408 e. The molecule has 1 saturated carbocycles. The van der Waals surface area contributed by atoms with E-state index in [1.165, 1.54) is 6.42 Å². The van der Waals surface area contributed by atoms with Crippen LogP contribution < -0.4 is 16.0 Å². The normalized spacial score (nSPS) is 22.9. The highest BCUT2D eigenvalue weighted by Gasteiger charge is 2.45. The van der Waals surface area contributed by atoms with Crippen LogP contribution in [0, 0.1) is 11.8 Å². The van der Waals surface area contributed by atoms with Gasteiger partial charge in [-0.15, -0.1) is 0 Å². The molecular formula is C28H40ClN3O6. The molecule has 1 aromatic carbocycles. The van der Waals surface area contributed by atoms with Gasteiger partial charge in [0, 0.05) is 29.7 Å². The fraction of sp³-hybridized carbons (Fsp3) is 0.679. The Kier molecular flexibility index (Phi) is 10.3. The Bertz CT molecular complexity index is 964. The number of alkyl carbamates (subject to hydrolysis) is 1. The van der Waals surface area contributed by atoms with Crippen LogP contribution >= 0.6 is 11.6 Å². The van der Waals surface area contributed by atoms with E-state index in [9.17, 15) is 19.5 Å². The van der Waals surface area contributed by atoms with Gasteiger partial charge in [-0.25, -0.2) is 4.79 Å². The summed E-state index contributed by atoms with van der Waals surface area (Å²) >= 11 is 6.01. The maximum Gasteiger partial charge on any atom is 0.408 e. The van der Waals surface area contributed by atoms with E-state index < -0.39 is 18.2 Å². The molecule has 0 radical (unpaired) electrons. The fourth-order valence-electron chi connectivity index (χ4n) is 6.03. The van der Waals surface area contributed by atoms with E-state index in [2.05, 4.69) is 16.0 Å². The molecule has 3 aliphatic rings. The van der Waals surface area contributed by atoms with Crippen LogP contribution in [0.3, 0.4) is 0 Å². The number of carbonyl (C=O) groups is 3. The molecule has 3 atom stereocenters. The predicted molar refractivity (Wildman–Crippen MR) is 142 cm³/mol. The number of hydrogen-bond acceptors (Lipinski definition) is 6. The summed E-state index contributed by atoms with van der Waals surface area (Å²) in [5, 5.41) is 19.4. The summed E-state index contributed by atoms with van der Waals surface area (Å²) in [6, 6.07) is 5.66. The Balaban J connectivity index is 1.34. The lowest BCUT2D eigenvalue weighted by molar-refractivity contribution is -0.126. The number of carbonyl (C=O) groups excluding carboxylic acids is 3.